The molecule has 0 bridgehead atoms. The Bertz CT molecular complexity index is 485. The molecule has 0 amide bonds. The van der Waals surface area contributed by atoms with Crippen LogP contribution in [-0.2, 0) is 16.0 Å². The summed E-state index contributed by atoms with van der Waals surface area (Å²) in [6, 6.07) is 0. The maximum absolute atomic E-state index is 5.81. The van der Waals surface area contributed by atoms with Gasteiger partial charge in [0.2, 0.25) is 0 Å². The van der Waals surface area contributed by atoms with Crippen LogP contribution in [0.3, 0.4) is 0 Å². The normalized spacial score (nSPS) is 17.9. The van der Waals surface area contributed by atoms with Crippen LogP contribution in [0.4, 0.5) is 0 Å². The summed E-state index contributed by atoms with van der Waals surface area (Å²) in [5.41, 5.74) is 2.92. The Morgan fingerprint density at radius 1 is 1.15 bits per heavy atom. The summed E-state index contributed by atoms with van der Waals surface area (Å²) >= 11 is 0. The van der Waals surface area contributed by atoms with Crippen LogP contribution in [0.2, 0.25) is 0 Å². The summed E-state index contributed by atoms with van der Waals surface area (Å²) in [5.74, 6) is 0.587. The monoisotopic (exact) mass is 365 g/mol. The van der Waals surface area contributed by atoms with Crippen molar-refractivity contribution in [2.24, 2.45) is 5.41 Å². The summed E-state index contributed by atoms with van der Waals surface area (Å²) < 4.78 is 11.6. The summed E-state index contributed by atoms with van der Waals surface area (Å²) in [4.78, 5) is 2.41. The van der Waals surface area contributed by atoms with E-state index in [-0.39, 0.29) is 5.41 Å². The molecule has 1 aliphatic rings. The van der Waals surface area contributed by atoms with Gasteiger partial charge in [0.1, 0.15) is 0 Å². The Labute approximate surface area is 159 Å². The molecule has 0 spiro atoms. The molecule has 5 heteroatoms. The second-order valence-corrected chi connectivity index (χ2v) is 7.95. The van der Waals surface area contributed by atoms with Gasteiger partial charge in [-0.15, -0.1) is 0 Å². The minimum Gasteiger partial charge on any atom is -0.381 e. The van der Waals surface area contributed by atoms with Crippen molar-refractivity contribution >= 4 is 0 Å². The van der Waals surface area contributed by atoms with Crippen molar-refractivity contribution in [3.8, 4) is 0 Å². The highest BCUT2D eigenvalue weighted by atomic mass is 16.5. The van der Waals surface area contributed by atoms with Crippen LogP contribution in [0, 0.1) is 5.41 Å². The largest absolute Gasteiger partial charge is 0.381 e. The lowest BCUT2D eigenvalue weighted by Gasteiger charge is -2.39. The fourth-order valence-electron chi connectivity index (χ4n) is 4.08. The van der Waals surface area contributed by atoms with Crippen LogP contribution >= 0.6 is 0 Å². The van der Waals surface area contributed by atoms with E-state index in [1.807, 2.05) is 6.20 Å². The zero-order chi connectivity index (χ0) is 18.8. The molecule has 1 aliphatic carbocycles. The van der Waals surface area contributed by atoms with Crippen molar-refractivity contribution in [3.05, 3.63) is 17.5 Å². The third-order valence-electron chi connectivity index (χ3n) is 5.76. The van der Waals surface area contributed by atoms with Crippen molar-refractivity contribution in [3.63, 3.8) is 0 Å². The summed E-state index contributed by atoms with van der Waals surface area (Å²) in [7, 11) is 2.21. The van der Waals surface area contributed by atoms with Crippen molar-refractivity contribution in [2.45, 2.75) is 71.8 Å². The molecule has 0 saturated heterocycles. The number of H-pyrrole nitrogens is 1. The quantitative estimate of drug-likeness (QED) is 0.598. The second-order valence-electron chi connectivity index (χ2n) is 7.95. The molecule has 1 fully saturated rings. The predicted octanol–water partition coefficient (Wildman–Crippen LogP) is 4.36. The summed E-state index contributed by atoms with van der Waals surface area (Å²) in [6.07, 6.45) is 9.24. The SMILES string of the molecule is CCCCN(C)Cc1cn[nH]c1C1CCC(COCC)(COCC)CC1. The van der Waals surface area contributed by atoms with Gasteiger partial charge in [-0.2, -0.15) is 5.10 Å². The number of unbranched alkanes of at least 4 members (excludes halogenated alkanes) is 1. The van der Waals surface area contributed by atoms with Gasteiger partial charge in [0.25, 0.3) is 0 Å². The molecule has 1 saturated carbocycles. The van der Waals surface area contributed by atoms with Crippen molar-refractivity contribution in [2.75, 3.05) is 40.0 Å². The van der Waals surface area contributed by atoms with Crippen LogP contribution in [0.15, 0.2) is 6.20 Å². The second kappa shape index (κ2) is 11.1. The molecule has 1 aromatic rings. The molecule has 0 radical (unpaired) electrons. The first kappa shape index (κ1) is 21.4. The maximum atomic E-state index is 5.81. The molecule has 150 valence electrons. The number of aromatic nitrogens is 2. The fourth-order valence-corrected chi connectivity index (χ4v) is 4.08. The molecule has 5 nitrogen and oxygen atoms in total. The first-order valence-corrected chi connectivity index (χ1v) is 10.5. The van der Waals surface area contributed by atoms with Gasteiger partial charge in [-0.3, -0.25) is 5.10 Å². The standard InChI is InChI=1S/C21H39N3O2/c1-5-8-13-24(4)15-19-14-22-23-20(19)18-9-11-21(12-10-18,16-25-6-2)17-26-7-3/h14,18H,5-13,15-17H2,1-4H3,(H,22,23). The van der Waals surface area contributed by atoms with E-state index in [4.69, 9.17) is 9.47 Å². The molecular formula is C21H39N3O2. The van der Waals surface area contributed by atoms with Crippen LogP contribution in [0.5, 0.6) is 0 Å². The summed E-state index contributed by atoms with van der Waals surface area (Å²) in [6.45, 7) is 11.8. The first-order chi connectivity index (χ1) is 12.6. The average molecular weight is 366 g/mol. The molecule has 1 N–H and O–H groups in total. The Kier molecular flexibility index (Phi) is 9.09. The number of rotatable bonds is 12. The van der Waals surface area contributed by atoms with E-state index in [0.717, 1.165) is 39.5 Å². The van der Waals surface area contributed by atoms with E-state index in [2.05, 4.69) is 42.9 Å². The maximum Gasteiger partial charge on any atom is 0.0544 e. The Balaban J connectivity index is 1.95. The minimum absolute atomic E-state index is 0.195. The van der Waals surface area contributed by atoms with Gasteiger partial charge in [-0.05, 0) is 59.5 Å². The van der Waals surface area contributed by atoms with Crippen LogP contribution < -0.4 is 0 Å². The van der Waals surface area contributed by atoms with E-state index in [9.17, 15) is 0 Å². The molecule has 26 heavy (non-hydrogen) atoms. The van der Waals surface area contributed by atoms with Crippen LogP contribution in [-0.4, -0.2) is 55.1 Å². The third kappa shape index (κ3) is 6.07. The van der Waals surface area contributed by atoms with Gasteiger partial charge in [-0.25, -0.2) is 0 Å². The average Bonchev–Trinajstić information content (AvgIpc) is 3.11. The Morgan fingerprint density at radius 3 is 2.38 bits per heavy atom. The smallest absolute Gasteiger partial charge is 0.0544 e. The fraction of sp³-hybridized carbons (Fsp3) is 0.857. The molecule has 0 unspecified atom stereocenters. The van der Waals surface area contributed by atoms with Gasteiger partial charge in [0, 0.05) is 42.3 Å². The van der Waals surface area contributed by atoms with Crippen LogP contribution in [0.25, 0.3) is 0 Å². The number of hydrogen-bond acceptors (Lipinski definition) is 4. The lowest BCUT2D eigenvalue weighted by molar-refractivity contribution is -0.0397. The lowest BCUT2D eigenvalue weighted by atomic mass is 9.70. The van der Waals surface area contributed by atoms with E-state index in [1.54, 1.807) is 0 Å². The topological polar surface area (TPSA) is 50.4 Å². The van der Waals surface area contributed by atoms with Gasteiger partial charge in [0.15, 0.2) is 0 Å². The van der Waals surface area contributed by atoms with Gasteiger partial charge < -0.3 is 14.4 Å². The Morgan fingerprint density at radius 2 is 1.81 bits per heavy atom. The molecule has 0 atom stereocenters. The van der Waals surface area contributed by atoms with Gasteiger partial charge >= 0.3 is 0 Å². The number of ether oxygens (including phenoxy) is 2. The molecule has 0 aliphatic heterocycles. The highest BCUT2D eigenvalue weighted by molar-refractivity contribution is 5.21. The molecule has 2 rings (SSSR count). The zero-order valence-electron chi connectivity index (χ0n) is 17.4. The highest BCUT2D eigenvalue weighted by Crippen LogP contribution is 2.44. The van der Waals surface area contributed by atoms with Crippen molar-refractivity contribution in [1.29, 1.82) is 0 Å². The number of aromatic amines is 1. The van der Waals surface area contributed by atoms with E-state index < -0.39 is 0 Å². The molecule has 1 heterocycles. The van der Waals surface area contributed by atoms with E-state index >= 15 is 0 Å². The zero-order valence-corrected chi connectivity index (χ0v) is 17.4. The lowest BCUT2D eigenvalue weighted by Crippen LogP contribution is -2.36. The molecular weight excluding hydrogens is 326 g/mol. The van der Waals surface area contributed by atoms with Gasteiger partial charge in [0.05, 0.1) is 19.4 Å². The molecule has 1 aromatic heterocycles. The molecule has 0 aromatic carbocycles. The van der Waals surface area contributed by atoms with E-state index in [0.29, 0.717) is 5.92 Å². The van der Waals surface area contributed by atoms with Crippen LogP contribution in [0.1, 0.15) is 76.5 Å². The van der Waals surface area contributed by atoms with Crippen molar-refractivity contribution < 1.29 is 9.47 Å². The first-order valence-electron chi connectivity index (χ1n) is 10.5. The third-order valence-corrected chi connectivity index (χ3v) is 5.76. The van der Waals surface area contributed by atoms with E-state index in [1.165, 1.54) is 49.8 Å². The highest BCUT2D eigenvalue weighted by Gasteiger charge is 2.37. The number of hydrogen-bond donors (Lipinski definition) is 1. The number of nitrogens with zero attached hydrogens (tertiary/aromatic N) is 2. The minimum atomic E-state index is 0.195. The summed E-state index contributed by atoms with van der Waals surface area (Å²) in [5, 5.41) is 7.68. The number of nitrogens with one attached hydrogen (secondary N) is 1. The Hall–Kier alpha value is -0.910. The predicted molar refractivity (Wildman–Crippen MR) is 106 cm³/mol. The van der Waals surface area contributed by atoms with Gasteiger partial charge in [-0.1, -0.05) is 13.3 Å². The van der Waals surface area contributed by atoms with Crippen molar-refractivity contribution in [1.82, 2.24) is 15.1 Å².